The molecule has 3 aromatic rings. The lowest BCUT2D eigenvalue weighted by molar-refractivity contribution is 0.105. The number of rotatable bonds is 8. The molecule has 0 atom stereocenters. The molecule has 0 unspecified atom stereocenters. The van der Waals surface area contributed by atoms with Crippen LogP contribution in [0.15, 0.2) is 56.5 Å². The number of benzene rings is 1. The second kappa shape index (κ2) is 9.10. The first-order valence-electron chi connectivity index (χ1n) is 8.79. The molecular weight excluding hydrogens is 330 g/mol. The SMILES string of the molecule is CN=C(NCCCOCc1ccco1)NCc1oc2ccccc2c1C. The smallest absolute Gasteiger partial charge is 0.191 e. The number of para-hydroxylation sites is 1. The van der Waals surface area contributed by atoms with Gasteiger partial charge >= 0.3 is 0 Å². The van der Waals surface area contributed by atoms with E-state index in [-0.39, 0.29) is 0 Å². The van der Waals surface area contributed by atoms with E-state index >= 15 is 0 Å². The summed E-state index contributed by atoms with van der Waals surface area (Å²) in [5.41, 5.74) is 2.08. The van der Waals surface area contributed by atoms with Gasteiger partial charge in [-0.05, 0) is 31.5 Å². The first kappa shape index (κ1) is 18.1. The lowest BCUT2D eigenvalue weighted by Crippen LogP contribution is -2.37. The summed E-state index contributed by atoms with van der Waals surface area (Å²) in [6.07, 6.45) is 2.53. The molecule has 6 heteroatoms. The quantitative estimate of drug-likeness (QED) is 0.367. The molecule has 0 fully saturated rings. The summed E-state index contributed by atoms with van der Waals surface area (Å²) in [6, 6.07) is 11.8. The van der Waals surface area contributed by atoms with E-state index in [1.54, 1.807) is 13.3 Å². The van der Waals surface area contributed by atoms with Gasteiger partial charge in [0.25, 0.3) is 0 Å². The van der Waals surface area contributed by atoms with E-state index in [1.165, 1.54) is 0 Å². The Bertz CT molecular complexity index is 837. The molecule has 2 N–H and O–H groups in total. The number of ether oxygens (including phenoxy) is 1. The van der Waals surface area contributed by atoms with E-state index in [0.717, 1.165) is 47.0 Å². The molecule has 1 aromatic carbocycles. The lowest BCUT2D eigenvalue weighted by atomic mass is 10.1. The van der Waals surface area contributed by atoms with Gasteiger partial charge in [-0.15, -0.1) is 0 Å². The minimum atomic E-state index is 0.505. The average Bonchev–Trinajstić information content (AvgIpc) is 3.29. The van der Waals surface area contributed by atoms with Crippen molar-refractivity contribution in [1.82, 2.24) is 10.6 Å². The Kier molecular flexibility index (Phi) is 6.33. The fourth-order valence-electron chi connectivity index (χ4n) is 2.73. The van der Waals surface area contributed by atoms with Gasteiger partial charge < -0.3 is 24.2 Å². The topological polar surface area (TPSA) is 71.9 Å². The van der Waals surface area contributed by atoms with Gasteiger partial charge in [-0.2, -0.15) is 0 Å². The molecule has 0 saturated heterocycles. The fourth-order valence-corrected chi connectivity index (χ4v) is 2.73. The normalized spacial score (nSPS) is 11.8. The van der Waals surface area contributed by atoms with Crippen molar-refractivity contribution in [3.8, 4) is 0 Å². The zero-order chi connectivity index (χ0) is 18.2. The van der Waals surface area contributed by atoms with Crippen LogP contribution in [0.3, 0.4) is 0 Å². The molecular formula is C20H25N3O3. The number of hydrogen-bond acceptors (Lipinski definition) is 4. The highest BCUT2D eigenvalue weighted by Crippen LogP contribution is 2.24. The number of aliphatic imine (C=N–C) groups is 1. The Labute approximate surface area is 153 Å². The van der Waals surface area contributed by atoms with Gasteiger partial charge in [0.15, 0.2) is 5.96 Å². The van der Waals surface area contributed by atoms with Crippen molar-refractivity contribution < 1.29 is 13.6 Å². The lowest BCUT2D eigenvalue weighted by Gasteiger charge is -2.11. The van der Waals surface area contributed by atoms with Crippen LogP contribution in [0.1, 0.15) is 23.5 Å². The fraction of sp³-hybridized carbons (Fsp3) is 0.350. The van der Waals surface area contributed by atoms with Crippen molar-refractivity contribution in [2.24, 2.45) is 4.99 Å². The minimum Gasteiger partial charge on any atom is -0.467 e. The summed E-state index contributed by atoms with van der Waals surface area (Å²) >= 11 is 0. The number of guanidine groups is 1. The number of furan rings is 2. The van der Waals surface area contributed by atoms with Crippen molar-refractivity contribution in [3.05, 3.63) is 59.7 Å². The largest absolute Gasteiger partial charge is 0.467 e. The Morgan fingerprint density at radius 1 is 1.15 bits per heavy atom. The molecule has 26 heavy (non-hydrogen) atoms. The first-order chi connectivity index (χ1) is 12.8. The predicted molar refractivity (Wildman–Crippen MR) is 102 cm³/mol. The zero-order valence-corrected chi connectivity index (χ0v) is 15.2. The number of nitrogens with zero attached hydrogens (tertiary/aromatic N) is 1. The van der Waals surface area contributed by atoms with Crippen LogP contribution in [0, 0.1) is 6.92 Å². The highest BCUT2D eigenvalue weighted by atomic mass is 16.5. The average molecular weight is 355 g/mol. The summed E-state index contributed by atoms with van der Waals surface area (Å²) in [4.78, 5) is 4.24. The Hall–Kier alpha value is -2.73. The molecule has 0 spiro atoms. The van der Waals surface area contributed by atoms with Crippen LogP contribution in [-0.4, -0.2) is 26.2 Å². The third-order valence-corrected chi connectivity index (χ3v) is 4.16. The van der Waals surface area contributed by atoms with Gasteiger partial charge in [0, 0.05) is 31.1 Å². The molecule has 3 rings (SSSR count). The van der Waals surface area contributed by atoms with Gasteiger partial charge in [-0.3, -0.25) is 4.99 Å². The Balaban J connectivity index is 1.38. The molecule has 0 aliphatic heterocycles. The molecule has 6 nitrogen and oxygen atoms in total. The molecule has 138 valence electrons. The van der Waals surface area contributed by atoms with Crippen LogP contribution >= 0.6 is 0 Å². The van der Waals surface area contributed by atoms with E-state index in [1.807, 2.05) is 30.3 Å². The number of fused-ring (bicyclic) bond motifs is 1. The van der Waals surface area contributed by atoms with Crippen LogP contribution in [0.4, 0.5) is 0 Å². The maximum Gasteiger partial charge on any atom is 0.191 e. The second-order valence-corrected chi connectivity index (χ2v) is 5.98. The molecule has 0 aliphatic carbocycles. The zero-order valence-electron chi connectivity index (χ0n) is 15.2. The standard InChI is InChI=1S/C20H25N3O3/c1-15-17-8-3-4-9-18(17)26-19(15)13-23-20(21-2)22-10-6-11-24-14-16-7-5-12-25-16/h3-5,7-9,12H,6,10-11,13-14H2,1-2H3,(H2,21,22,23). The molecule has 0 radical (unpaired) electrons. The number of aryl methyl sites for hydroxylation is 1. The second-order valence-electron chi connectivity index (χ2n) is 5.98. The third kappa shape index (κ3) is 4.67. The highest BCUT2D eigenvalue weighted by molar-refractivity contribution is 5.82. The van der Waals surface area contributed by atoms with Crippen LogP contribution < -0.4 is 10.6 Å². The van der Waals surface area contributed by atoms with Crippen LogP contribution in [-0.2, 0) is 17.9 Å². The monoisotopic (exact) mass is 355 g/mol. The molecule has 0 saturated carbocycles. The van der Waals surface area contributed by atoms with Gasteiger partial charge in [0.2, 0.25) is 0 Å². The van der Waals surface area contributed by atoms with Crippen molar-refractivity contribution in [2.75, 3.05) is 20.2 Å². The first-order valence-corrected chi connectivity index (χ1v) is 8.79. The van der Waals surface area contributed by atoms with E-state index in [9.17, 15) is 0 Å². The van der Waals surface area contributed by atoms with Crippen LogP contribution in [0.2, 0.25) is 0 Å². The maximum atomic E-state index is 5.91. The minimum absolute atomic E-state index is 0.505. The van der Waals surface area contributed by atoms with E-state index in [4.69, 9.17) is 13.6 Å². The summed E-state index contributed by atoms with van der Waals surface area (Å²) in [5.74, 6) is 2.52. The van der Waals surface area contributed by atoms with E-state index < -0.39 is 0 Å². The third-order valence-electron chi connectivity index (χ3n) is 4.16. The van der Waals surface area contributed by atoms with Gasteiger partial charge in [-0.25, -0.2) is 0 Å². The molecule has 0 aliphatic rings. The summed E-state index contributed by atoms with van der Waals surface area (Å²) in [6.45, 7) is 4.61. The summed E-state index contributed by atoms with van der Waals surface area (Å²) in [7, 11) is 1.76. The summed E-state index contributed by atoms with van der Waals surface area (Å²) in [5, 5.41) is 7.72. The number of hydrogen-bond donors (Lipinski definition) is 2. The van der Waals surface area contributed by atoms with Gasteiger partial charge in [0.1, 0.15) is 23.7 Å². The van der Waals surface area contributed by atoms with Gasteiger partial charge in [-0.1, -0.05) is 18.2 Å². The predicted octanol–water partition coefficient (Wildman–Crippen LogP) is 3.61. The van der Waals surface area contributed by atoms with Gasteiger partial charge in [0.05, 0.1) is 12.8 Å². The Morgan fingerprint density at radius 3 is 2.81 bits per heavy atom. The van der Waals surface area contributed by atoms with Crippen molar-refractivity contribution in [2.45, 2.75) is 26.5 Å². The van der Waals surface area contributed by atoms with Crippen molar-refractivity contribution in [1.29, 1.82) is 0 Å². The highest BCUT2D eigenvalue weighted by Gasteiger charge is 2.10. The van der Waals surface area contributed by atoms with E-state index in [0.29, 0.717) is 19.8 Å². The van der Waals surface area contributed by atoms with E-state index in [2.05, 4.69) is 28.6 Å². The molecule has 0 bridgehead atoms. The molecule has 2 heterocycles. The number of nitrogens with one attached hydrogen (secondary N) is 2. The van der Waals surface area contributed by atoms with Crippen LogP contribution in [0.5, 0.6) is 0 Å². The van der Waals surface area contributed by atoms with Crippen molar-refractivity contribution in [3.63, 3.8) is 0 Å². The summed E-state index contributed by atoms with van der Waals surface area (Å²) < 4.78 is 16.7. The maximum absolute atomic E-state index is 5.91. The van der Waals surface area contributed by atoms with Crippen LogP contribution in [0.25, 0.3) is 11.0 Å². The van der Waals surface area contributed by atoms with Crippen molar-refractivity contribution >= 4 is 16.9 Å². The molecule has 0 amide bonds. The molecule has 2 aromatic heterocycles. The Morgan fingerprint density at radius 2 is 2.04 bits per heavy atom.